The van der Waals surface area contributed by atoms with Crippen LogP contribution in [0.1, 0.15) is 25.8 Å². The second-order valence-corrected chi connectivity index (χ2v) is 5.54. The van der Waals surface area contributed by atoms with E-state index >= 15 is 0 Å². The average Bonchev–Trinajstić information content (AvgIpc) is 2.40. The van der Waals surface area contributed by atoms with E-state index in [2.05, 4.69) is 26.6 Å². The summed E-state index contributed by atoms with van der Waals surface area (Å²) in [6.45, 7) is 4.22. The predicted octanol–water partition coefficient (Wildman–Crippen LogP) is 2.55. The monoisotopic (exact) mass is 361 g/mol. The van der Waals surface area contributed by atoms with Crippen molar-refractivity contribution < 1.29 is 9.18 Å². The van der Waals surface area contributed by atoms with Crippen LogP contribution in [0.3, 0.4) is 0 Å². The van der Waals surface area contributed by atoms with E-state index < -0.39 is 11.9 Å². The number of benzene rings is 1. The summed E-state index contributed by atoms with van der Waals surface area (Å²) in [5.41, 5.74) is 6.13. The van der Waals surface area contributed by atoms with E-state index in [0.29, 0.717) is 12.1 Å². The van der Waals surface area contributed by atoms with E-state index in [0.717, 1.165) is 6.42 Å². The van der Waals surface area contributed by atoms with Crippen LogP contribution in [0.2, 0.25) is 0 Å². The molecule has 7 heteroatoms. The van der Waals surface area contributed by atoms with E-state index in [1.165, 1.54) is 6.07 Å². The van der Waals surface area contributed by atoms with Gasteiger partial charge in [-0.2, -0.15) is 0 Å². The zero-order valence-electron chi connectivity index (χ0n) is 11.3. The minimum absolute atomic E-state index is 0.107. The number of halogens is 2. The SMILES string of the molecule is CCCNC(=O)C(C)Nc1ccc(C(N)=S)c(Br)c1F. The molecule has 20 heavy (non-hydrogen) atoms. The summed E-state index contributed by atoms with van der Waals surface area (Å²) in [6, 6.07) is 2.57. The molecule has 110 valence electrons. The molecule has 4 nitrogen and oxygen atoms in total. The zero-order valence-corrected chi connectivity index (χ0v) is 13.7. The fraction of sp³-hybridized carbons (Fsp3) is 0.385. The Labute approximate surface area is 131 Å². The van der Waals surface area contributed by atoms with Crippen LogP contribution in [0.15, 0.2) is 16.6 Å². The normalized spacial score (nSPS) is 11.8. The highest BCUT2D eigenvalue weighted by Gasteiger charge is 2.17. The Morgan fingerprint density at radius 3 is 2.75 bits per heavy atom. The first-order valence-corrected chi connectivity index (χ1v) is 7.40. The molecule has 1 unspecified atom stereocenters. The van der Waals surface area contributed by atoms with E-state index in [1.54, 1.807) is 13.0 Å². The molecular formula is C13H17BrFN3OS. The van der Waals surface area contributed by atoms with Gasteiger partial charge in [0.15, 0.2) is 5.82 Å². The van der Waals surface area contributed by atoms with Crippen molar-refractivity contribution in [2.75, 3.05) is 11.9 Å². The molecule has 0 aliphatic carbocycles. The molecule has 0 aliphatic heterocycles. The summed E-state index contributed by atoms with van der Waals surface area (Å²) >= 11 is 7.94. The molecule has 1 atom stereocenters. The van der Waals surface area contributed by atoms with Gasteiger partial charge in [-0.05, 0) is 41.4 Å². The molecule has 0 aliphatic rings. The van der Waals surface area contributed by atoms with Gasteiger partial charge in [-0.3, -0.25) is 4.79 Å². The largest absolute Gasteiger partial charge is 0.389 e. The maximum Gasteiger partial charge on any atom is 0.242 e. The minimum atomic E-state index is -0.543. The maximum absolute atomic E-state index is 14.1. The Kier molecular flexibility index (Phi) is 6.35. The van der Waals surface area contributed by atoms with Gasteiger partial charge in [0.25, 0.3) is 0 Å². The quantitative estimate of drug-likeness (QED) is 0.681. The standard InChI is InChI=1S/C13H17BrFN3OS/c1-3-6-17-13(19)7(2)18-9-5-4-8(12(16)20)10(14)11(9)15/h4-5,7,18H,3,6H2,1-2H3,(H2,16,20)(H,17,19). The fourth-order valence-electron chi connectivity index (χ4n) is 1.55. The number of hydrogen-bond acceptors (Lipinski definition) is 3. The van der Waals surface area contributed by atoms with Crippen molar-refractivity contribution in [1.29, 1.82) is 0 Å². The van der Waals surface area contributed by atoms with E-state index in [1.807, 2.05) is 6.92 Å². The molecule has 0 spiro atoms. The molecule has 0 saturated carbocycles. The third kappa shape index (κ3) is 4.14. The van der Waals surface area contributed by atoms with Gasteiger partial charge >= 0.3 is 0 Å². The highest BCUT2D eigenvalue weighted by Crippen LogP contribution is 2.27. The molecule has 1 amide bonds. The number of nitrogens with two attached hydrogens (primary N) is 1. The van der Waals surface area contributed by atoms with Crippen molar-refractivity contribution in [2.24, 2.45) is 5.73 Å². The Hall–Kier alpha value is -1.21. The number of thiocarbonyl (C=S) groups is 1. The Morgan fingerprint density at radius 2 is 2.20 bits per heavy atom. The van der Waals surface area contributed by atoms with Gasteiger partial charge in [0.2, 0.25) is 5.91 Å². The predicted molar refractivity (Wildman–Crippen MR) is 86.4 cm³/mol. The van der Waals surface area contributed by atoms with Crippen molar-refractivity contribution in [1.82, 2.24) is 5.32 Å². The number of nitrogens with one attached hydrogen (secondary N) is 2. The van der Waals surface area contributed by atoms with Crippen LogP contribution in [-0.4, -0.2) is 23.5 Å². The highest BCUT2D eigenvalue weighted by atomic mass is 79.9. The molecule has 1 rings (SSSR count). The maximum atomic E-state index is 14.1. The van der Waals surface area contributed by atoms with Crippen LogP contribution in [0.5, 0.6) is 0 Å². The lowest BCUT2D eigenvalue weighted by Gasteiger charge is -2.17. The minimum Gasteiger partial charge on any atom is -0.389 e. The van der Waals surface area contributed by atoms with E-state index in [4.69, 9.17) is 18.0 Å². The Morgan fingerprint density at radius 1 is 1.55 bits per heavy atom. The Balaban J connectivity index is 2.86. The lowest BCUT2D eigenvalue weighted by molar-refractivity contribution is -0.121. The molecule has 4 N–H and O–H groups in total. The van der Waals surface area contributed by atoms with Gasteiger partial charge in [-0.25, -0.2) is 4.39 Å². The summed E-state index contributed by atoms with van der Waals surface area (Å²) in [4.78, 5) is 11.8. The van der Waals surface area contributed by atoms with E-state index in [9.17, 15) is 9.18 Å². The van der Waals surface area contributed by atoms with Crippen molar-refractivity contribution in [3.8, 4) is 0 Å². The second-order valence-electron chi connectivity index (χ2n) is 4.31. The number of carbonyl (C=O) groups excluding carboxylic acids is 1. The van der Waals surface area contributed by atoms with Crippen LogP contribution >= 0.6 is 28.1 Å². The molecule has 0 saturated heterocycles. The Bertz CT molecular complexity index is 525. The van der Waals surface area contributed by atoms with E-state index in [-0.39, 0.29) is 21.1 Å². The van der Waals surface area contributed by atoms with Gasteiger partial charge in [0, 0.05) is 12.1 Å². The summed E-state index contributed by atoms with van der Waals surface area (Å²) in [5, 5.41) is 5.56. The van der Waals surface area contributed by atoms with Crippen molar-refractivity contribution in [2.45, 2.75) is 26.3 Å². The molecule has 1 aromatic rings. The van der Waals surface area contributed by atoms with Gasteiger partial charge in [-0.1, -0.05) is 19.1 Å². The van der Waals surface area contributed by atoms with Crippen molar-refractivity contribution >= 4 is 44.7 Å². The third-order valence-electron chi connectivity index (χ3n) is 2.66. The summed E-state index contributed by atoms with van der Waals surface area (Å²) < 4.78 is 14.3. The van der Waals surface area contributed by atoms with Crippen molar-refractivity contribution in [3.05, 3.63) is 28.0 Å². The molecule has 0 fully saturated rings. The van der Waals surface area contributed by atoms with Crippen LogP contribution in [0, 0.1) is 5.82 Å². The topological polar surface area (TPSA) is 67.2 Å². The van der Waals surface area contributed by atoms with Gasteiger partial charge in [-0.15, -0.1) is 0 Å². The van der Waals surface area contributed by atoms with Crippen LogP contribution < -0.4 is 16.4 Å². The number of rotatable bonds is 6. The molecule has 0 bridgehead atoms. The zero-order chi connectivity index (χ0) is 15.3. The fourth-order valence-corrected chi connectivity index (χ4v) is 2.41. The molecular weight excluding hydrogens is 345 g/mol. The lowest BCUT2D eigenvalue weighted by Crippen LogP contribution is -2.38. The smallest absolute Gasteiger partial charge is 0.242 e. The molecule has 0 aromatic heterocycles. The van der Waals surface area contributed by atoms with Crippen LogP contribution in [0.25, 0.3) is 0 Å². The number of anilines is 1. The van der Waals surface area contributed by atoms with Crippen LogP contribution in [-0.2, 0) is 4.79 Å². The summed E-state index contributed by atoms with van der Waals surface area (Å²) in [7, 11) is 0. The summed E-state index contributed by atoms with van der Waals surface area (Å²) in [6.07, 6.45) is 0.848. The summed E-state index contributed by atoms with van der Waals surface area (Å²) in [5.74, 6) is -0.703. The first-order valence-electron chi connectivity index (χ1n) is 6.20. The second kappa shape index (κ2) is 7.54. The number of carbonyl (C=O) groups is 1. The van der Waals surface area contributed by atoms with Crippen LogP contribution in [0.4, 0.5) is 10.1 Å². The first kappa shape index (κ1) is 16.8. The molecule has 0 heterocycles. The first-order chi connectivity index (χ1) is 9.38. The molecule has 1 aromatic carbocycles. The third-order valence-corrected chi connectivity index (χ3v) is 3.66. The van der Waals surface area contributed by atoms with Crippen molar-refractivity contribution in [3.63, 3.8) is 0 Å². The van der Waals surface area contributed by atoms with Gasteiger partial charge in [0.05, 0.1) is 10.2 Å². The lowest BCUT2D eigenvalue weighted by atomic mass is 10.2. The highest BCUT2D eigenvalue weighted by molar-refractivity contribution is 9.10. The average molecular weight is 362 g/mol. The molecule has 0 radical (unpaired) electrons. The number of amides is 1. The number of hydrogen-bond donors (Lipinski definition) is 3. The van der Waals surface area contributed by atoms with Gasteiger partial charge < -0.3 is 16.4 Å². The van der Waals surface area contributed by atoms with Gasteiger partial charge in [0.1, 0.15) is 11.0 Å².